The van der Waals surface area contributed by atoms with Gasteiger partial charge in [-0.25, -0.2) is 9.97 Å². The van der Waals surface area contributed by atoms with Crippen molar-refractivity contribution in [3.63, 3.8) is 0 Å². The van der Waals surface area contributed by atoms with Gasteiger partial charge in [0.2, 0.25) is 5.75 Å². The third kappa shape index (κ3) is 3.33. The first-order chi connectivity index (χ1) is 11.0. The number of ether oxygens (including phenoxy) is 3. The van der Waals surface area contributed by atoms with Gasteiger partial charge >= 0.3 is 0 Å². The van der Waals surface area contributed by atoms with Gasteiger partial charge < -0.3 is 19.5 Å². The summed E-state index contributed by atoms with van der Waals surface area (Å²) in [5, 5.41) is 2.78. The van der Waals surface area contributed by atoms with Gasteiger partial charge in [0.25, 0.3) is 5.91 Å². The van der Waals surface area contributed by atoms with Crippen LogP contribution in [0.3, 0.4) is 0 Å². The maximum Gasteiger partial charge on any atom is 0.274 e. The SMILES string of the molecule is COc1cc(NC(=O)c2ncnc(C)c2C)cc(OC)c1OC. The summed E-state index contributed by atoms with van der Waals surface area (Å²) in [5.41, 5.74) is 2.33. The zero-order valence-corrected chi connectivity index (χ0v) is 13.8. The van der Waals surface area contributed by atoms with E-state index in [1.165, 1.54) is 27.7 Å². The van der Waals surface area contributed by atoms with E-state index in [0.29, 0.717) is 28.6 Å². The molecular formula is C16H19N3O4. The van der Waals surface area contributed by atoms with Gasteiger partial charge in [0, 0.05) is 29.1 Å². The quantitative estimate of drug-likeness (QED) is 0.911. The Morgan fingerprint density at radius 2 is 1.61 bits per heavy atom. The lowest BCUT2D eigenvalue weighted by Crippen LogP contribution is -2.16. The van der Waals surface area contributed by atoms with Crippen LogP contribution in [0.15, 0.2) is 18.5 Å². The number of hydrogen-bond acceptors (Lipinski definition) is 6. The average molecular weight is 317 g/mol. The Morgan fingerprint density at radius 1 is 1.00 bits per heavy atom. The molecule has 1 aromatic heterocycles. The Bertz CT molecular complexity index is 706. The molecule has 0 atom stereocenters. The van der Waals surface area contributed by atoms with E-state index in [4.69, 9.17) is 14.2 Å². The number of hydrogen-bond donors (Lipinski definition) is 1. The highest BCUT2D eigenvalue weighted by Crippen LogP contribution is 2.40. The van der Waals surface area contributed by atoms with Crippen molar-refractivity contribution >= 4 is 11.6 Å². The maximum atomic E-state index is 12.4. The molecule has 23 heavy (non-hydrogen) atoms. The van der Waals surface area contributed by atoms with Gasteiger partial charge in [-0.2, -0.15) is 0 Å². The molecule has 0 aliphatic carbocycles. The molecule has 0 saturated carbocycles. The van der Waals surface area contributed by atoms with Crippen LogP contribution in [0, 0.1) is 13.8 Å². The fraction of sp³-hybridized carbons (Fsp3) is 0.312. The van der Waals surface area contributed by atoms with E-state index in [1.54, 1.807) is 19.1 Å². The molecule has 0 fully saturated rings. The standard InChI is InChI=1S/C16H19N3O4/c1-9-10(2)17-8-18-14(9)16(20)19-11-6-12(21-3)15(23-5)13(7-11)22-4/h6-8H,1-5H3,(H,19,20). The molecule has 0 spiro atoms. The number of methoxy groups -OCH3 is 3. The molecule has 2 aromatic rings. The molecule has 1 heterocycles. The lowest BCUT2D eigenvalue weighted by atomic mass is 10.1. The Morgan fingerprint density at radius 3 is 2.13 bits per heavy atom. The summed E-state index contributed by atoms with van der Waals surface area (Å²) in [7, 11) is 4.55. The van der Waals surface area contributed by atoms with Crippen molar-refractivity contribution in [2.45, 2.75) is 13.8 Å². The Balaban J connectivity index is 2.36. The second-order valence-corrected chi connectivity index (χ2v) is 4.80. The lowest BCUT2D eigenvalue weighted by molar-refractivity contribution is 0.102. The third-order valence-electron chi connectivity index (χ3n) is 3.47. The number of nitrogens with zero attached hydrogens (tertiary/aromatic N) is 2. The van der Waals surface area contributed by atoms with Crippen molar-refractivity contribution in [2.24, 2.45) is 0 Å². The summed E-state index contributed by atoms with van der Waals surface area (Å²) < 4.78 is 15.8. The minimum absolute atomic E-state index is 0.325. The third-order valence-corrected chi connectivity index (χ3v) is 3.47. The predicted octanol–water partition coefficient (Wildman–Crippen LogP) is 2.37. The second kappa shape index (κ2) is 6.95. The van der Waals surface area contributed by atoms with Crippen molar-refractivity contribution in [1.29, 1.82) is 0 Å². The summed E-state index contributed by atoms with van der Waals surface area (Å²) in [4.78, 5) is 20.5. The normalized spacial score (nSPS) is 10.1. The van der Waals surface area contributed by atoms with Crippen molar-refractivity contribution in [1.82, 2.24) is 9.97 Å². The molecule has 1 N–H and O–H groups in total. The van der Waals surface area contributed by atoms with Crippen molar-refractivity contribution < 1.29 is 19.0 Å². The maximum absolute atomic E-state index is 12.4. The molecule has 0 unspecified atom stereocenters. The fourth-order valence-electron chi connectivity index (χ4n) is 2.11. The van der Waals surface area contributed by atoms with E-state index >= 15 is 0 Å². The van der Waals surface area contributed by atoms with Gasteiger partial charge in [0.05, 0.1) is 21.3 Å². The summed E-state index contributed by atoms with van der Waals surface area (Å²) in [6.07, 6.45) is 1.37. The molecule has 0 bridgehead atoms. The van der Waals surface area contributed by atoms with Gasteiger partial charge in [0.1, 0.15) is 12.0 Å². The monoisotopic (exact) mass is 317 g/mol. The first kappa shape index (κ1) is 16.5. The van der Waals surface area contributed by atoms with Crippen LogP contribution in [0.25, 0.3) is 0 Å². The van der Waals surface area contributed by atoms with E-state index in [-0.39, 0.29) is 5.91 Å². The van der Waals surface area contributed by atoms with Crippen LogP contribution in [0.1, 0.15) is 21.7 Å². The van der Waals surface area contributed by atoms with E-state index < -0.39 is 0 Å². The van der Waals surface area contributed by atoms with Crippen LogP contribution in [-0.4, -0.2) is 37.2 Å². The number of carbonyl (C=O) groups excluding carboxylic acids is 1. The molecule has 1 aromatic carbocycles. The van der Waals surface area contributed by atoms with Crippen molar-refractivity contribution in [2.75, 3.05) is 26.6 Å². The van der Waals surface area contributed by atoms with E-state index in [1.807, 2.05) is 6.92 Å². The fourth-order valence-corrected chi connectivity index (χ4v) is 2.11. The Kier molecular flexibility index (Phi) is 5.00. The molecule has 1 amide bonds. The summed E-state index contributed by atoms with van der Waals surface area (Å²) >= 11 is 0. The van der Waals surface area contributed by atoms with Crippen molar-refractivity contribution in [3.8, 4) is 17.2 Å². The predicted molar refractivity (Wildman–Crippen MR) is 85.6 cm³/mol. The average Bonchev–Trinajstić information content (AvgIpc) is 2.56. The van der Waals surface area contributed by atoms with Crippen LogP contribution >= 0.6 is 0 Å². The van der Waals surface area contributed by atoms with Gasteiger partial charge in [-0.1, -0.05) is 0 Å². The topological polar surface area (TPSA) is 82.6 Å². The van der Waals surface area contributed by atoms with Gasteiger partial charge in [0.15, 0.2) is 11.5 Å². The Hall–Kier alpha value is -2.83. The number of benzene rings is 1. The van der Waals surface area contributed by atoms with Gasteiger partial charge in [-0.05, 0) is 13.8 Å². The largest absolute Gasteiger partial charge is 0.493 e. The number of nitrogens with one attached hydrogen (secondary N) is 1. The second-order valence-electron chi connectivity index (χ2n) is 4.80. The molecule has 0 radical (unpaired) electrons. The summed E-state index contributed by atoms with van der Waals surface area (Å²) in [6, 6.07) is 3.31. The minimum atomic E-state index is -0.331. The molecule has 0 aliphatic heterocycles. The van der Waals surface area contributed by atoms with Crippen molar-refractivity contribution in [3.05, 3.63) is 35.4 Å². The van der Waals surface area contributed by atoms with E-state index in [9.17, 15) is 4.79 Å². The van der Waals surface area contributed by atoms with E-state index in [2.05, 4.69) is 15.3 Å². The molecule has 122 valence electrons. The number of anilines is 1. The van der Waals surface area contributed by atoms with E-state index in [0.717, 1.165) is 11.3 Å². The zero-order chi connectivity index (χ0) is 17.0. The highest BCUT2D eigenvalue weighted by Gasteiger charge is 2.17. The Labute approximate surface area is 134 Å². The van der Waals surface area contributed by atoms with Gasteiger partial charge in [-0.15, -0.1) is 0 Å². The summed E-state index contributed by atoms with van der Waals surface area (Å²) in [6.45, 7) is 3.63. The zero-order valence-electron chi connectivity index (χ0n) is 13.8. The molecule has 7 nitrogen and oxygen atoms in total. The highest BCUT2D eigenvalue weighted by atomic mass is 16.5. The first-order valence-electron chi connectivity index (χ1n) is 6.91. The first-order valence-corrected chi connectivity index (χ1v) is 6.91. The van der Waals surface area contributed by atoms with Crippen LogP contribution in [0.5, 0.6) is 17.2 Å². The summed E-state index contributed by atoms with van der Waals surface area (Å²) in [5.74, 6) is 1.04. The minimum Gasteiger partial charge on any atom is -0.493 e. The molecular weight excluding hydrogens is 298 g/mol. The van der Waals surface area contributed by atoms with Crippen LogP contribution < -0.4 is 19.5 Å². The molecule has 0 aliphatic rings. The number of carbonyl (C=O) groups is 1. The highest BCUT2D eigenvalue weighted by molar-refractivity contribution is 6.04. The van der Waals surface area contributed by atoms with Crippen LogP contribution in [0.2, 0.25) is 0 Å². The van der Waals surface area contributed by atoms with Gasteiger partial charge in [-0.3, -0.25) is 4.79 Å². The smallest absolute Gasteiger partial charge is 0.274 e. The number of rotatable bonds is 5. The number of aromatic nitrogens is 2. The number of amides is 1. The number of aryl methyl sites for hydroxylation is 1. The molecule has 2 rings (SSSR count). The van der Waals surface area contributed by atoms with Crippen LogP contribution in [0.4, 0.5) is 5.69 Å². The molecule has 0 saturated heterocycles. The van der Waals surface area contributed by atoms with Crippen LogP contribution in [-0.2, 0) is 0 Å². The lowest BCUT2D eigenvalue weighted by Gasteiger charge is -2.15. The molecule has 7 heteroatoms.